The van der Waals surface area contributed by atoms with Crippen LogP contribution in [-0.4, -0.2) is 29.6 Å². The van der Waals surface area contributed by atoms with E-state index in [4.69, 9.17) is 4.74 Å². The SMILES string of the molecule is Cc1cc(C(=O)O[C@@H](C)C(=O)N(C)c2ccccc2)c(C)n1C1CC1. The smallest absolute Gasteiger partial charge is 0.340 e. The molecule has 0 unspecified atom stereocenters. The summed E-state index contributed by atoms with van der Waals surface area (Å²) in [6, 6.07) is 11.7. The number of anilines is 1. The lowest BCUT2D eigenvalue weighted by Crippen LogP contribution is -2.37. The van der Waals surface area contributed by atoms with Crippen LogP contribution in [0.2, 0.25) is 0 Å². The Bertz CT molecular complexity index is 791. The molecule has 0 spiro atoms. The van der Waals surface area contributed by atoms with E-state index >= 15 is 0 Å². The third kappa shape index (κ3) is 3.45. The number of carbonyl (C=O) groups is 2. The number of hydrogen-bond donors (Lipinski definition) is 0. The number of benzene rings is 1. The first-order valence-corrected chi connectivity index (χ1v) is 8.62. The second kappa shape index (κ2) is 6.75. The number of likely N-dealkylation sites (N-methyl/N-ethyl adjacent to an activating group) is 1. The van der Waals surface area contributed by atoms with Gasteiger partial charge in [0.1, 0.15) is 0 Å². The molecular formula is C20H24N2O3. The van der Waals surface area contributed by atoms with E-state index in [-0.39, 0.29) is 5.91 Å². The van der Waals surface area contributed by atoms with Crippen LogP contribution in [0.15, 0.2) is 36.4 Å². The molecule has 1 saturated carbocycles. The van der Waals surface area contributed by atoms with Crippen LogP contribution in [0.5, 0.6) is 0 Å². The fourth-order valence-electron chi connectivity index (χ4n) is 3.20. The predicted molar refractivity (Wildman–Crippen MR) is 96.9 cm³/mol. The van der Waals surface area contributed by atoms with Crippen molar-refractivity contribution in [2.24, 2.45) is 0 Å². The number of hydrogen-bond acceptors (Lipinski definition) is 3. The number of para-hydroxylation sites is 1. The standard InChI is InChI=1S/C20H24N2O3/c1-13-12-18(14(2)22(13)17-10-11-17)20(24)25-15(3)19(23)21(4)16-8-6-5-7-9-16/h5-9,12,15,17H,10-11H2,1-4H3/t15-/m0/s1. The van der Waals surface area contributed by atoms with Gasteiger partial charge in [0.25, 0.3) is 5.91 Å². The van der Waals surface area contributed by atoms with Crippen LogP contribution in [0.1, 0.15) is 47.6 Å². The first kappa shape index (κ1) is 17.3. The molecule has 25 heavy (non-hydrogen) atoms. The molecule has 1 aromatic heterocycles. The third-order valence-corrected chi connectivity index (χ3v) is 4.72. The summed E-state index contributed by atoms with van der Waals surface area (Å²) < 4.78 is 7.64. The second-order valence-corrected chi connectivity index (χ2v) is 6.67. The first-order chi connectivity index (χ1) is 11.9. The highest BCUT2D eigenvalue weighted by Crippen LogP contribution is 2.38. The van der Waals surface area contributed by atoms with Crippen LogP contribution in [-0.2, 0) is 9.53 Å². The minimum Gasteiger partial charge on any atom is -0.449 e. The van der Waals surface area contributed by atoms with Crippen LogP contribution in [0, 0.1) is 13.8 Å². The van der Waals surface area contributed by atoms with E-state index in [1.807, 2.05) is 50.2 Å². The topological polar surface area (TPSA) is 51.5 Å². The number of nitrogens with zero attached hydrogens (tertiary/aromatic N) is 2. The van der Waals surface area contributed by atoms with Crippen LogP contribution in [0.3, 0.4) is 0 Å². The van der Waals surface area contributed by atoms with E-state index in [9.17, 15) is 9.59 Å². The lowest BCUT2D eigenvalue weighted by Gasteiger charge is -2.21. The van der Waals surface area contributed by atoms with Gasteiger partial charge in [-0.2, -0.15) is 0 Å². The first-order valence-electron chi connectivity index (χ1n) is 8.62. The van der Waals surface area contributed by atoms with Crippen LogP contribution >= 0.6 is 0 Å². The molecule has 1 aliphatic rings. The molecule has 0 bridgehead atoms. The van der Waals surface area contributed by atoms with E-state index in [0.29, 0.717) is 11.6 Å². The maximum Gasteiger partial charge on any atom is 0.340 e. The Balaban J connectivity index is 1.70. The van der Waals surface area contributed by atoms with Crippen molar-refractivity contribution in [3.8, 4) is 0 Å². The molecule has 1 amide bonds. The number of esters is 1. The van der Waals surface area contributed by atoms with Gasteiger partial charge in [0.2, 0.25) is 0 Å². The summed E-state index contributed by atoms with van der Waals surface area (Å²) in [4.78, 5) is 26.6. The molecule has 1 aromatic carbocycles. The zero-order chi connectivity index (χ0) is 18.1. The molecule has 0 N–H and O–H groups in total. The van der Waals surface area contributed by atoms with Crippen molar-refractivity contribution < 1.29 is 14.3 Å². The Labute approximate surface area is 148 Å². The van der Waals surface area contributed by atoms with Gasteiger partial charge < -0.3 is 14.2 Å². The highest BCUT2D eigenvalue weighted by Gasteiger charge is 2.30. The van der Waals surface area contributed by atoms with Crippen molar-refractivity contribution in [1.82, 2.24) is 4.57 Å². The quantitative estimate of drug-likeness (QED) is 0.781. The van der Waals surface area contributed by atoms with Gasteiger partial charge in [-0.25, -0.2) is 4.79 Å². The summed E-state index contributed by atoms with van der Waals surface area (Å²) in [7, 11) is 1.68. The molecule has 132 valence electrons. The monoisotopic (exact) mass is 340 g/mol. The summed E-state index contributed by atoms with van der Waals surface area (Å²) in [6.45, 7) is 5.55. The van der Waals surface area contributed by atoms with E-state index < -0.39 is 12.1 Å². The molecule has 1 aliphatic carbocycles. The number of carbonyl (C=O) groups excluding carboxylic acids is 2. The molecule has 1 heterocycles. The van der Waals surface area contributed by atoms with E-state index in [1.54, 1.807) is 14.0 Å². The Morgan fingerprint density at radius 1 is 1.20 bits per heavy atom. The number of aryl methyl sites for hydroxylation is 1. The lowest BCUT2D eigenvalue weighted by atomic mass is 10.2. The summed E-state index contributed by atoms with van der Waals surface area (Å²) >= 11 is 0. The van der Waals surface area contributed by atoms with Gasteiger partial charge in [0.05, 0.1) is 5.56 Å². The minimum absolute atomic E-state index is 0.254. The average Bonchev–Trinajstić information content (AvgIpc) is 3.39. The normalized spacial score (nSPS) is 14.9. The largest absolute Gasteiger partial charge is 0.449 e. The van der Waals surface area contributed by atoms with Crippen molar-refractivity contribution >= 4 is 17.6 Å². The maximum absolute atomic E-state index is 12.5. The van der Waals surface area contributed by atoms with Crippen molar-refractivity contribution in [2.45, 2.75) is 45.8 Å². The number of ether oxygens (including phenoxy) is 1. The molecule has 3 rings (SSSR count). The summed E-state index contributed by atoms with van der Waals surface area (Å²) in [5.41, 5.74) is 3.29. The number of aromatic nitrogens is 1. The predicted octanol–water partition coefficient (Wildman–Crippen LogP) is 3.65. The molecule has 0 aliphatic heterocycles. The van der Waals surface area contributed by atoms with Gasteiger partial charge in [-0.3, -0.25) is 4.79 Å². The molecule has 1 atom stereocenters. The van der Waals surface area contributed by atoms with Crippen LogP contribution < -0.4 is 4.90 Å². The van der Waals surface area contributed by atoms with Crippen molar-refractivity contribution in [1.29, 1.82) is 0 Å². The fourth-order valence-corrected chi connectivity index (χ4v) is 3.20. The Hall–Kier alpha value is -2.56. The van der Waals surface area contributed by atoms with Gasteiger partial charge in [-0.1, -0.05) is 18.2 Å². The van der Waals surface area contributed by atoms with E-state index in [2.05, 4.69) is 4.57 Å². The molecule has 5 heteroatoms. The molecular weight excluding hydrogens is 316 g/mol. The number of rotatable bonds is 5. The van der Waals surface area contributed by atoms with Crippen LogP contribution in [0.25, 0.3) is 0 Å². The third-order valence-electron chi connectivity index (χ3n) is 4.72. The van der Waals surface area contributed by atoms with Gasteiger partial charge in [-0.05, 0) is 51.8 Å². The summed E-state index contributed by atoms with van der Waals surface area (Å²) in [5, 5.41) is 0. The number of amides is 1. The van der Waals surface area contributed by atoms with Crippen molar-refractivity contribution in [3.63, 3.8) is 0 Å². The van der Waals surface area contributed by atoms with E-state index in [1.165, 1.54) is 4.90 Å². The van der Waals surface area contributed by atoms with E-state index in [0.717, 1.165) is 29.9 Å². The van der Waals surface area contributed by atoms with Gasteiger partial charge in [-0.15, -0.1) is 0 Å². The molecule has 1 fully saturated rings. The molecule has 2 aromatic rings. The van der Waals surface area contributed by atoms with Crippen molar-refractivity contribution in [3.05, 3.63) is 53.3 Å². The van der Waals surface area contributed by atoms with Gasteiger partial charge >= 0.3 is 5.97 Å². The lowest BCUT2D eigenvalue weighted by molar-refractivity contribution is -0.126. The zero-order valence-corrected chi connectivity index (χ0v) is 15.2. The highest BCUT2D eigenvalue weighted by molar-refractivity contribution is 5.99. The van der Waals surface area contributed by atoms with Gasteiger partial charge in [0, 0.05) is 30.2 Å². The minimum atomic E-state index is -0.846. The second-order valence-electron chi connectivity index (χ2n) is 6.67. The fraction of sp³-hybridized carbons (Fsp3) is 0.400. The Morgan fingerprint density at radius 2 is 1.84 bits per heavy atom. The molecule has 0 saturated heterocycles. The van der Waals surface area contributed by atoms with Crippen molar-refractivity contribution in [2.75, 3.05) is 11.9 Å². The molecule has 5 nitrogen and oxygen atoms in total. The van der Waals surface area contributed by atoms with Gasteiger partial charge in [0.15, 0.2) is 6.10 Å². The molecule has 0 radical (unpaired) electrons. The zero-order valence-electron chi connectivity index (χ0n) is 15.2. The maximum atomic E-state index is 12.5. The Morgan fingerprint density at radius 3 is 2.44 bits per heavy atom. The van der Waals surface area contributed by atoms with Crippen LogP contribution in [0.4, 0.5) is 5.69 Å². The average molecular weight is 340 g/mol. The highest BCUT2D eigenvalue weighted by atomic mass is 16.5. The summed E-state index contributed by atoms with van der Waals surface area (Å²) in [6.07, 6.45) is 1.46. The summed E-state index contributed by atoms with van der Waals surface area (Å²) in [5.74, 6) is -0.696. The Kier molecular flexibility index (Phi) is 4.66.